The first kappa shape index (κ1) is 29.5. The minimum Gasteiger partial charge on any atom is -0.256 e. The molecular formula is C48H33N3. The van der Waals surface area contributed by atoms with Crippen molar-refractivity contribution in [2.45, 2.75) is 19.3 Å². The van der Waals surface area contributed by atoms with Crippen LogP contribution in [0.25, 0.3) is 88.6 Å². The van der Waals surface area contributed by atoms with Gasteiger partial charge in [0.05, 0.1) is 16.9 Å². The molecule has 7 aromatic carbocycles. The predicted molar refractivity (Wildman–Crippen MR) is 212 cm³/mol. The van der Waals surface area contributed by atoms with Crippen molar-refractivity contribution in [1.82, 2.24) is 15.0 Å². The molecule has 3 nitrogen and oxygen atoms in total. The third kappa shape index (κ3) is 4.62. The van der Waals surface area contributed by atoms with Gasteiger partial charge in [-0.1, -0.05) is 141 Å². The van der Waals surface area contributed by atoms with E-state index in [0.717, 1.165) is 44.4 Å². The lowest BCUT2D eigenvalue weighted by atomic mass is 9.80. The Balaban J connectivity index is 1.16. The minimum absolute atomic E-state index is 0.0884. The van der Waals surface area contributed by atoms with E-state index in [1.165, 1.54) is 49.5 Å². The maximum Gasteiger partial charge on any atom is 0.161 e. The van der Waals surface area contributed by atoms with Gasteiger partial charge < -0.3 is 0 Å². The summed E-state index contributed by atoms with van der Waals surface area (Å²) in [6.07, 6.45) is 1.84. The molecule has 0 fully saturated rings. The van der Waals surface area contributed by atoms with E-state index in [-0.39, 0.29) is 5.41 Å². The van der Waals surface area contributed by atoms with Crippen molar-refractivity contribution in [2.24, 2.45) is 0 Å². The predicted octanol–water partition coefficient (Wildman–Crippen LogP) is 12.3. The van der Waals surface area contributed by atoms with E-state index >= 15 is 0 Å². The molecule has 0 saturated carbocycles. The minimum atomic E-state index is -0.0884. The molecular weight excluding hydrogens is 619 g/mol. The van der Waals surface area contributed by atoms with Gasteiger partial charge in [-0.25, -0.2) is 9.97 Å². The highest BCUT2D eigenvalue weighted by Gasteiger charge is 2.37. The highest BCUT2D eigenvalue weighted by Crippen LogP contribution is 2.52. The molecule has 0 saturated heterocycles. The van der Waals surface area contributed by atoms with Crippen molar-refractivity contribution in [2.75, 3.05) is 0 Å². The fourth-order valence-corrected chi connectivity index (χ4v) is 8.32. The number of benzene rings is 7. The number of pyridine rings is 1. The van der Waals surface area contributed by atoms with Crippen LogP contribution in [0, 0.1) is 0 Å². The molecule has 0 aliphatic heterocycles. The maximum absolute atomic E-state index is 5.28. The van der Waals surface area contributed by atoms with Gasteiger partial charge in [-0.3, -0.25) is 4.98 Å². The first-order chi connectivity index (χ1) is 25.0. The molecule has 0 atom stereocenters. The maximum atomic E-state index is 5.28. The van der Waals surface area contributed by atoms with Crippen LogP contribution in [0.2, 0.25) is 0 Å². The van der Waals surface area contributed by atoms with Gasteiger partial charge in [0.15, 0.2) is 5.82 Å². The lowest BCUT2D eigenvalue weighted by Gasteiger charge is -2.23. The van der Waals surface area contributed by atoms with Crippen LogP contribution in [-0.2, 0) is 5.41 Å². The summed E-state index contributed by atoms with van der Waals surface area (Å²) in [5.41, 5.74) is 13.6. The number of nitrogens with zero attached hydrogens (tertiary/aromatic N) is 3. The lowest BCUT2D eigenvalue weighted by Crippen LogP contribution is -2.15. The lowest BCUT2D eigenvalue weighted by molar-refractivity contribution is 0.666. The van der Waals surface area contributed by atoms with E-state index in [0.29, 0.717) is 5.82 Å². The van der Waals surface area contributed by atoms with Gasteiger partial charge in [-0.05, 0) is 85.3 Å². The molecule has 0 spiro atoms. The summed E-state index contributed by atoms with van der Waals surface area (Å²) >= 11 is 0. The highest BCUT2D eigenvalue weighted by atomic mass is 14.9. The van der Waals surface area contributed by atoms with Gasteiger partial charge >= 0.3 is 0 Å². The quantitative estimate of drug-likeness (QED) is 0.190. The third-order valence-electron chi connectivity index (χ3n) is 10.7. The summed E-state index contributed by atoms with van der Waals surface area (Å²) in [5, 5.41) is 5.99. The molecule has 10 rings (SSSR count). The summed E-state index contributed by atoms with van der Waals surface area (Å²) in [6, 6.07) is 56.3. The summed E-state index contributed by atoms with van der Waals surface area (Å²) in [6.45, 7) is 4.72. The second kappa shape index (κ2) is 11.3. The molecule has 240 valence electrons. The molecule has 0 bridgehead atoms. The van der Waals surface area contributed by atoms with E-state index in [9.17, 15) is 0 Å². The number of fused-ring (bicyclic) bond motifs is 7. The summed E-state index contributed by atoms with van der Waals surface area (Å²) in [7, 11) is 0. The van der Waals surface area contributed by atoms with Crippen LogP contribution in [0.5, 0.6) is 0 Å². The second-order valence-corrected chi connectivity index (χ2v) is 14.0. The molecule has 9 aromatic rings. The van der Waals surface area contributed by atoms with Crippen LogP contribution >= 0.6 is 0 Å². The van der Waals surface area contributed by atoms with Crippen LogP contribution in [-0.4, -0.2) is 15.0 Å². The second-order valence-electron chi connectivity index (χ2n) is 14.0. The van der Waals surface area contributed by atoms with E-state index in [1.54, 1.807) is 0 Å². The van der Waals surface area contributed by atoms with Crippen LogP contribution in [0.3, 0.4) is 0 Å². The first-order valence-electron chi connectivity index (χ1n) is 17.5. The van der Waals surface area contributed by atoms with Gasteiger partial charge in [-0.15, -0.1) is 0 Å². The number of hydrogen-bond acceptors (Lipinski definition) is 3. The fourth-order valence-electron chi connectivity index (χ4n) is 8.32. The average Bonchev–Trinajstić information content (AvgIpc) is 3.43. The number of hydrogen-bond donors (Lipinski definition) is 0. The fraction of sp³-hybridized carbons (Fsp3) is 0.0625. The van der Waals surface area contributed by atoms with Gasteiger partial charge in [0, 0.05) is 33.7 Å². The van der Waals surface area contributed by atoms with Crippen molar-refractivity contribution in [3.63, 3.8) is 0 Å². The molecule has 0 N–H and O–H groups in total. The molecule has 51 heavy (non-hydrogen) atoms. The third-order valence-corrected chi connectivity index (χ3v) is 10.7. The first-order valence-corrected chi connectivity index (χ1v) is 17.5. The van der Waals surface area contributed by atoms with Gasteiger partial charge in [0.2, 0.25) is 0 Å². The Morgan fingerprint density at radius 2 is 1.14 bits per heavy atom. The summed E-state index contributed by atoms with van der Waals surface area (Å²) < 4.78 is 0. The Morgan fingerprint density at radius 3 is 2.00 bits per heavy atom. The molecule has 0 radical (unpaired) electrons. The van der Waals surface area contributed by atoms with Crippen LogP contribution in [0.4, 0.5) is 0 Å². The normalized spacial score (nSPS) is 13.1. The Bertz CT molecular complexity index is 2830. The Labute approximate surface area is 297 Å². The standard InChI is InChI=1S/C48H33N3/c1-48(2)42-26-22-32(28-41(42)39-23-21-30-12-6-7-15-34(30)46(39)48)33-24-25-40(36-17-9-8-16-35(33)36)47-50-44(31-13-4-3-5-14-31)29-45(51-47)38-18-10-20-43-37(38)19-11-27-49-43/h3-29H,1-2H3. The number of aromatic nitrogens is 3. The van der Waals surface area contributed by atoms with Gasteiger partial charge in [-0.2, -0.15) is 0 Å². The van der Waals surface area contributed by atoms with E-state index < -0.39 is 0 Å². The molecule has 2 heterocycles. The van der Waals surface area contributed by atoms with Gasteiger partial charge in [0.25, 0.3) is 0 Å². The zero-order chi connectivity index (χ0) is 34.1. The summed E-state index contributed by atoms with van der Waals surface area (Å²) in [5.74, 6) is 0.700. The monoisotopic (exact) mass is 651 g/mol. The van der Waals surface area contributed by atoms with Crippen LogP contribution in [0.15, 0.2) is 164 Å². The molecule has 0 amide bonds. The van der Waals surface area contributed by atoms with Crippen molar-refractivity contribution in [1.29, 1.82) is 0 Å². The zero-order valence-electron chi connectivity index (χ0n) is 28.4. The van der Waals surface area contributed by atoms with Crippen molar-refractivity contribution in [3.8, 4) is 56.2 Å². The van der Waals surface area contributed by atoms with Crippen LogP contribution < -0.4 is 0 Å². The van der Waals surface area contributed by atoms with Crippen LogP contribution in [0.1, 0.15) is 25.0 Å². The van der Waals surface area contributed by atoms with E-state index in [1.807, 2.05) is 24.4 Å². The topological polar surface area (TPSA) is 38.7 Å². The van der Waals surface area contributed by atoms with E-state index in [4.69, 9.17) is 9.97 Å². The molecule has 2 aromatic heterocycles. The number of rotatable bonds is 4. The van der Waals surface area contributed by atoms with Crippen molar-refractivity contribution in [3.05, 3.63) is 175 Å². The highest BCUT2D eigenvalue weighted by molar-refractivity contribution is 6.06. The smallest absolute Gasteiger partial charge is 0.161 e. The largest absolute Gasteiger partial charge is 0.256 e. The average molecular weight is 652 g/mol. The molecule has 1 aliphatic carbocycles. The van der Waals surface area contributed by atoms with Gasteiger partial charge in [0.1, 0.15) is 0 Å². The van der Waals surface area contributed by atoms with Crippen molar-refractivity contribution < 1.29 is 0 Å². The molecule has 3 heteroatoms. The van der Waals surface area contributed by atoms with E-state index in [2.05, 4.69) is 158 Å². The molecule has 1 aliphatic rings. The Kier molecular flexibility index (Phi) is 6.53. The molecule has 0 unspecified atom stereocenters. The Hall–Kier alpha value is -6.45. The SMILES string of the molecule is CC1(C)c2ccc(-c3ccc(-c4nc(-c5ccccc5)cc(-c5cccc6ncccc56)n4)c4ccccc34)cc2-c2ccc3ccccc3c21. The summed E-state index contributed by atoms with van der Waals surface area (Å²) in [4.78, 5) is 15.1. The Morgan fingerprint density at radius 1 is 0.431 bits per heavy atom. The van der Waals surface area contributed by atoms with Crippen molar-refractivity contribution >= 4 is 32.4 Å². The zero-order valence-corrected chi connectivity index (χ0v) is 28.4.